The highest BCUT2D eigenvalue weighted by atomic mass is 32.1. The van der Waals surface area contributed by atoms with Crippen molar-refractivity contribution in [3.8, 4) is 11.3 Å². The molecule has 0 atom stereocenters. The molecule has 0 aliphatic rings. The van der Waals surface area contributed by atoms with Gasteiger partial charge in [-0.1, -0.05) is 18.2 Å². The summed E-state index contributed by atoms with van der Waals surface area (Å²) in [4.78, 5) is 5.24. The summed E-state index contributed by atoms with van der Waals surface area (Å²) in [7, 11) is 0. The van der Waals surface area contributed by atoms with Gasteiger partial charge in [-0.15, -0.1) is 11.3 Å². The summed E-state index contributed by atoms with van der Waals surface area (Å²) in [6, 6.07) is 9.22. The largest absolute Gasteiger partial charge is 0.416 e. The molecule has 29 heavy (non-hydrogen) atoms. The predicted octanol–water partition coefficient (Wildman–Crippen LogP) is 5.96. The van der Waals surface area contributed by atoms with E-state index in [0.29, 0.717) is 12.1 Å². The first-order valence-corrected chi connectivity index (χ1v) is 10.1. The number of alkyl halides is 3. The summed E-state index contributed by atoms with van der Waals surface area (Å²) in [6.07, 6.45) is -2.79. The molecule has 0 spiro atoms. The standard InChI is InChI=1S/C22H22F3N3S/c1-5-26-21-28(27-12-17-6-8-18(9-7-17)22(23,24)25)20(13-29-21)19-11-15(3)14(2)10-16(19)4/h6-13H,5H2,1-4H3. The lowest BCUT2D eigenvalue weighted by Gasteiger charge is -2.10. The molecule has 0 fully saturated rings. The van der Waals surface area contributed by atoms with E-state index in [2.05, 4.69) is 43.0 Å². The van der Waals surface area contributed by atoms with Crippen molar-refractivity contribution in [3.05, 3.63) is 74.4 Å². The summed E-state index contributed by atoms with van der Waals surface area (Å²) >= 11 is 1.49. The molecule has 1 aromatic heterocycles. The first-order chi connectivity index (χ1) is 13.7. The van der Waals surface area contributed by atoms with Gasteiger partial charge in [0.15, 0.2) is 0 Å². The molecule has 0 bridgehead atoms. The molecule has 3 aromatic rings. The van der Waals surface area contributed by atoms with Crippen LogP contribution in [-0.2, 0) is 6.18 Å². The van der Waals surface area contributed by atoms with Crippen molar-refractivity contribution in [1.82, 2.24) is 4.68 Å². The van der Waals surface area contributed by atoms with Crippen molar-refractivity contribution < 1.29 is 13.2 Å². The summed E-state index contributed by atoms with van der Waals surface area (Å²) in [5.41, 5.74) is 5.42. The zero-order chi connectivity index (χ0) is 21.2. The van der Waals surface area contributed by atoms with Crippen LogP contribution in [0.15, 0.2) is 51.9 Å². The molecule has 0 saturated heterocycles. The van der Waals surface area contributed by atoms with E-state index in [-0.39, 0.29) is 0 Å². The first kappa shape index (κ1) is 21.0. The lowest BCUT2D eigenvalue weighted by molar-refractivity contribution is -0.137. The second kappa shape index (κ2) is 8.37. The van der Waals surface area contributed by atoms with Gasteiger partial charge >= 0.3 is 6.18 Å². The summed E-state index contributed by atoms with van der Waals surface area (Å²) in [5, 5.41) is 6.55. The fraction of sp³-hybridized carbons (Fsp3) is 0.273. The number of benzene rings is 2. The van der Waals surface area contributed by atoms with Gasteiger partial charge in [-0.25, -0.2) is 4.68 Å². The molecule has 0 radical (unpaired) electrons. The number of hydrogen-bond donors (Lipinski definition) is 0. The summed E-state index contributed by atoms with van der Waals surface area (Å²) < 4.78 is 40.0. The number of halogens is 3. The van der Waals surface area contributed by atoms with Gasteiger partial charge in [0.2, 0.25) is 4.80 Å². The zero-order valence-corrected chi connectivity index (χ0v) is 17.5. The van der Waals surface area contributed by atoms with E-state index < -0.39 is 11.7 Å². The Bertz CT molecular complexity index is 1100. The quantitative estimate of drug-likeness (QED) is 0.469. The van der Waals surface area contributed by atoms with Crippen molar-refractivity contribution in [3.63, 3.8) is 0 Å². The van der Waals surface area contributed by atoms with Crippen LogP contribution >= 0.6 is 11.3 Å². The molecular weight excluding hydrogens is 395 g/mol. The Hall–Kier alpha value is -2.67. The summed E-state index contributed by atoms with van der Waals surface area (Å²) in [6.45, 7) is 8.76. The van der Waals surface area contributed by atoms with Gasteiger partial charge in [0.1, 0.15) is 0 Å². The van der Waals surface area contributed by atoms with Gasteiger partial charge in [-0.2, -0.15) is 18.3 Å². The molecule has 0 aliphatic heterocycles. The van der Waals surface area contributed by atoms with Crippen LogP contribution in [0.4, 0.5) is 13.2 Å². The minimum Gasteiger partial charge on any atom is -0.258 e. The summed E-state index contributed by atoms with van der Waals surface area (Å²) in [5.74, 6) is 0. The van der Waals surface area contributed by atoms with Crippen molar-refractivity contribution in [1.29, 1.82) is 0 Å². The number of hydrogen-bond acceptors (Lipinski definition) is 3. The van der Waals surface area contributed by atoms with Crippen LogP contribution in [-0.4, -0.2) is 17.4 Å². The van der Waals surface area contributed by atoms with E-state index in [1.54, 1.807) is 10.9 Å². The maximum absolute atomic E-state index is 12.8. The molecule has 0 amide bonds. The van der Waals surface area contributed by atoms with E-state index >= 15 is 0 Å². The van der Waals surface area contributed by atoms with Gasteiger partial charge in [-0.3, -0.25) is 4.99 Å². The predicted molar refractivity (Wildman–Crippen MR) is 112 cm³/mol. The van der Waals surface area contributed by atoms with E-state index in [0.717, 1.165) is 33.8 Å². The monoisotopic (exact) mass is 417 g/mol. The molecule has 7 heteroatoms. The Labute approximate surface area is 171 Å². The van der Waals surface area contributed by atoms with Gasteiger partial charge in [0.05, 0.1) is 17.5 Å². The van der Waals surface area contributed by atoms with Gasteiger partial charge in [-0.05, 0) is 68.1 Å². The molecule has 2 aromatic carbocycles. The third kappa shape index (κ3) is 4.67. The second-order valence-corrected chi connectivity index (χ2v) is 7.64. The van der Waals surface area contributed by atoms with Crippen molar-refractivity contribution >= 4 is 17.6 Å². The van der Waals surface area contributed by atoms with Gasteiger partial charge in [0.25, 0.3) is 0 Å². The molecule has 0 unspecified atom stereocenters. The molecule has 0 saturated carbocycles. The van der Waals surface area contributed by atoms with Crippen LogP contribution in [0.25, 0.3) is 11.3 Å². The fourth-order valence-corrected chi connectivity index (χ4v) is 3.85. The van der Waals surface area contributed by atoms with Crippen molar-refractivity contribution in [2.24, 2.45) is 10.1 Å². The van der Waals surface area contributed by atoms with Crippen LogP contribution in [0.1, 0.15) is 34.7 Å². The number of aromatic nitrogens is 1. The molecular formula is C22H22F3N3S. The minimum absolute atomic E-state index is 0.585. The number of aryl methyl sites for hydroxylation is 3. The Balaban J connectivity index is 2.05. The van der Waals surface area contributed by atoms with Crippen LogP contribution in [0.5, 0.6) is 0 Å². The topological polar surface area (TPSA) is 29.6 Å². The van der Waals surface area contributed by atoms with E-state index in [9.17, 15) is 13.2 Å². The lowest BCUT2D eigenvalue weighted by atomic mass is 9.99. The van der Waals surface area contributed by atoms with Gasteiger partial charge in [0, 0.05) is 17.5 Å². The van der Waals surface area contributed by atoms with Crippen molar-refractivity contribution in [2.45, 2.75) is 33.9 Å². The van der Waals surface area contributed by atoms with E-state index in [1.807, 2.05) is 12.3 Å². The molecule has 3 nitrogen and oxygen atoms in total. The Morgan fingerprint density at radius 2 is 1.66 bits per heavy atom. The highest BCUT2D eigenvalue weighted by molar-refractivity contribution is 7.07. The Morgan fingerprint density at radius 1 is 1.00 bits per heavy atom. The molecule has 0 N–H and O–H groups in total. The van der Waals surface area contributed by atoms with E-state index in [4.69, 9.17) is 0 Å². The normalized spacial score (nSPS) is 12.9. The smallest absolute Gasteiger partial charge is 0.258 e. The third-order valence-corrected chi connectivity index (χ3v) is 5.51. The second-order valence-electron chi connectivity index (χ2n) is 6.81. The fourth-order valence-electron chi connectivity index (χ4n) is 2.96. The maximum atomic E-state index is 12.8. The highest BCUT2D eigenvalue weighted by Gasteiger charge is 2.29. The maximum Gasteiger partial charge on any atom is 0.416 e. The SMILES string of the molecule is CCN=c1scc(-c2cc(C)c(C)cc2C)n1N=Cc1ccc(C(F)(F)F)cc1. The zero-order valence-electron chi connectivity index (χ0n) is 16.7. The molecule has 1 heterocycles. The number of nitrogens with zero attached hydrogens (tertiary/aromatic N) is 3. The average Bonchev–Trinajstić information content (AvgIpc) is 3.05. The Kier molecular flexibility index (Phi) is 6.07. The molecule has 152 valence electrons. The van der Waals surface area contributed by atoms with Crippen LogP contribution < -0.4 is 4.80 Å². The van der Waals surface area contributed by atoms with Crippen LogP contribution in [0.3, 0.4) is 0 Å². The van der Waals surface area contributed by atoms with Crippen LogP contribution in [0.2, 0.25) is 0 Å². The third-order valence-electron chi connectivity index (χ3n) is 4.66. The molecule has 3 rings (SSSR count). The Morgan fingerprint density at radius 3 is 2.28 bits per heavy atom. The number of rotatable bonds is 4. The van der Waals surface area contributed by atoms with Crippen molar-refractivity contribution in [2.75, 3.05) is 6.54 Å². The lowest BCUT2D eigenvalue weighted by Crippen LogP contribution is -2.13. The van der Waals surface area contributed by atoms with E-state index in [1.165, 1.54) is 34.6 Å². The highest BCUT2D eigenvalue weighted by Crippen LogP contribution is 2.29. The van der Waals surface area contributed by atoms with Gasteiger partial charge < -0.3 is 0 Å². The first-order valence-electron chi connectivity index (χ1n) is 9.21. The van der Waals surface area contributed by atoms with Crippen LogP contribution in [0, 0.1) is 20.8 Å². The number of thiazole rings is 1. The molecule has 0 aliphatic carbocycles. The minimum atomic E-state index is -4.35. The average molecular weight is 418 g/mol.